The number of hydrogen-bond acceptors (Lipinski definition) is 4. The lowest BCUT2D eigenvalue weighted by Crippen LogP contribution is -2.18. The smallest absolute Gasteiger partial charge is 0.336 e. The van der Waals surface area contributed by atoms with Gasteiger partial charge < -0.3 is 10.2 Å². The molecule has 0 aliphatic rings. The van der Waals surface area contributed by atoms with E-state index in [-0.39, 0.29) is 22.3 Å². The van der Waals surface area contributed by atoms with E-state index in [1.807, 2.05) is 6.07 Å². The monoisotopic (exact) mass is 416 g/mol. The van der Waals surface area contributed by atoms with Crippen molar-refractivity contribution in [2.75, 3.05) is 0 Å². The van der Waals surface area contributed by atoms with Gasteiger partial charge in [-0.1, -0.05) is 42.0 Å². The summed E-state index contributed by atoms with van der Waals surface area (Å²) in [4.78, 5) is 50.2. The van der Waals surface area contributed by atoms with Crippen LogP contribution in [0.1, 0.15) is 69.2 Å². The molecular weight excluding hydrogens is 396 g/mol. The van der Waals surface area contributed by atoms with Gasteiger partial charge in [0, 0.05) is 22.3 Å². The zero-order valence-electron chi connectivity index (χ0n) is 17.2. The van der Waals surface area contributed by atoms with Crippen LogP contribution in [0, 0.1) is 20.8 Å². The van der Waals surface area contributed by atoms with Crippen molar-refractivity contribution in [3.05, 3.63) is 105 Å². The number of aromatic carboxylic acids is 2. The Balaban J connectivity index is 2.27. The normalized spacial score (nSPS) is 10.5. The largest absolute Gasteiger partial charge is 0.478 e. The number of carbonyl (C=O) groups is 4. The average Bonchev–Trinajstić information content (AvgIpc) is 2.73. The van der Waals surface area contributed by atoms with E-state index in [2.05, 4.69) is 0 Å². The molecule has 0 aliphatic carbocycles. The van der Waals surface area contributed by atoms with Gasteiger partial charge in [-0.15, -0.1) is 0 Å². The maximum atomic E-state index is 13.2. The number of ketones is 2. The molecule has 3 rings (SSSR count). The molecule has 0 aromatic heterocycles. The summed E-state index contributed by atoms with van der Waals surface area (Å²) in [6.07, 6.45) is 0. The number of carboxylic acid groups (broad SMARTS) is 2. The fourth-order valence-electron chi connectivity index (χ4n) is 3.43. The molecule has 0 bridgehead atoms. The minimum absolute atomic E-state index is 0.259. The Morgan fingerprint density at radius 2 is 1.03 bits per heavy atom. The van der Waals surface area contributed by atoms with Gasteiger partial charge in [-0.3, -0.25) is 9.59 Å². The maximum Gasteiger partial charge on any atom is 0.336 e. The molecule has 0 saturated heterocycles. The Morgan fingerprint density at radius 3 is 1.55 bits per heavy atom. The van der Waals surface area contributed by atoms with Crippen LogP contribution in [0.3, 0.4) is 0 Å². The fraction of sp³-hybridized carbons (Fsp3) is 0.120. The maximum absolute atomic E-state index is 13.2. The van der Waals surface area contributed by atoms with E-state index < -0.39 is 34.6 Å². The molecule has 0 saturated carbocycles. The van der Waals surface area contributed by atoms with Crippen LogP contribution in [0.2, 0.25) is 0 Å². The second-order valence-corrected chi connectivity index (χ2v) is 7.35. The minimum Gasteiger partial charge on any atom is -0.478 e. The summed E-state index contributed by atoms with van der Waals surface area (Å²) in [6, 6.07) is 13.8. The molecule has 6 nitrogen and oxygen atoms in total. The Bertz CT molecular complexity index is 1250. The SMILES string of the molecule is Cc1ccc(C)c(C(=O)c2cc(C(=O)O)c(C(=O)c3ccccc3C)cc2C(=O)O)c1. The highest BCUT2D eigenvalue weighted by molar-refractivity contribution is 6.20. The van der Waals surface area contributed by atoms with E-state index in [1.54, 1.807) is 57.2 Å². The molecule has 3 aromatic rings. The van der Waals surface area contributed by atoms with Crippen molar-refractivity contribution in [1.29, 1.82) is 0 Å². The first-order valence-corrected chi connectivity index (χ1v) is 9.48. The Hall–Kier alpha value is -4.06. The van der Waals surface area contributed by atoms with Crippen LogP contribution in [-0.4, -0.2) is 33.7 Å². The van der Waals surface area contributed by atoms with Gasteiger partial charge in [0.2, 0.25) is 0 Å². The zero-order chi connectivity index (χ0) is 22.9. The number of aryl methyl sites for hydroxylation is 3. The van der Waals surface area contributed by atoms with Gasteiger partial charge in [0.15, 0.2) is 11.6 Å². The lowest BCUT2D eigenvalue weighted by molar-refractivity contribution is 0.0677. The topological polar surface area (TPSA) is 109 Å². The molecule has 0 spiro atoms. The molecule has 0 aliphatic heterocycles. The molecule has 0 fully saturated rings. The lowest BCUT2D eigenvalue weighted by Gasteiger charge is -2.14. The summed E-state index contributed by atoms with van der Waals surface area (Å²) in [7, 11) is 0. The van der Waals surface area contributed by atoms with Gasteiger partial charge in [0.25, 0.3) is 0 Å². The number of carbonyl (C=O) groups excluding carboxylic acids is 2. The van der Waals surface area contributed by atoms with E-state index in [0.29, 0.717) is 11.1 Å². The van der Waals surface area contributed by atoms with Crippen molar-refractivity contribution in [3.8, 4) is 0 Å². The van der Waals surface area contributed by atoms with Crippen LogP contribution >= 0.6 is 0 Å². The summed E-state index contributed by atoms with van der Waals surface area (Å²) < 4.78 is 0. The highest BCUT2D eigenvalue weighted by Gasteiger charge is 2.27. The van der Waals surface area contributed by atoms with Crippen LogP contribution < -0.4 is 0 Å². The number of benzene rings is 3. The Morgan fingerprint density at radius 1 is 0.548 bits per heavy atom. The van der Waals surface area contributed by atoms with E-state index in [1.165, 1.54) is 0 Å². The van der Waals surface area contributed by atoms with Crippen molar-refractivity contribution >= 4 is 23.5 Å². The van der Waals surface area contributed by atoms with Crippen LogP contribution in [0.25, 0.3) is 0 Å². The molecule has 0 amide bonds. The molecule has 0 unspecified atom stereocenters. The average molecular weight is 416 g/mol. The third-order valence-corrected chi connectivity index (χ3v) is 5.14. The molecule has 31 heavy (non-hydrogen) atoms. The van der Waals surface area contributed by atoms with E-state index >= 15 is 0 Å². The van der Waals surface area contributed by atoms with Crippen molar-refractivity contribution in [3.63, 3.8) is 0 Å². The molecule has 0 atom stereocenters. The van der Waals surface area contributed by atoms with Gasteiger partial charge in [0.05, 0.1) is 11.1 Å². The molecule has 2 N–H and O–H groups in total. The van der Waals surface area contributed by atoms with Crippen molar-refractivity contribution in [2.24, 2.45) is 0 Å². The fourth-order valence-corrected chi connectivity index (χ4v) is 3.43. The van der Waals surface area contributed by atoms with Crippen LogP contribution in [0.5, 0.6) is 0 Å². The van der Waals surface area contributed by atoms with Crippen LogP contribution in [0.15, 0.2) is 54.6 Å². The van der Waals surface area contributed by atoms with Gasteiger partial charge >= 0.3 is 11.9 Å². The van der Waals surface area contributed by atoms with Crippen LogP contribution in [0.4, 0.5) is 0 Å². The predicted octanol–water partition coefficient (Wildman–Crippen LogP) is 4.47. The molecule has 6 heteroatoms. The van der Waals surface area contributed by atoms with E-state index in [9.17, 15) is 29.4 Å². The molecule has 0 radical (unpaired) electrons. The summed E-state index contributed by atoms with van der Waals surface area (Å²) in [6.45, 7) is 5.20. The van der Waals surface area contributed by atoms with Gasteiger partial charge in [-0.05, 0) is 50.1 Å². The molecule has 0 heterocycles. The van der Waals surface area contributed by atoms with Gasteiger partial charge in [-0.2, -0.15) is 0 Å². The number of hydrogen-bond donors (Lipinski definition) is 2. The van der Waals surface area contributed by atoms with Crippen LogP contribution in [-0.2, 0) is 0 Å². The molecular formula is C25H20O6. The highest BCUT2D eigenvalue weighted by atomic mass is 16.4. The van der Waals surface area contributed by atoms with Crippen molar-refractivity contribution in [1.82, 2.24) is 0 Å². The first kappa shape index (κ1) is 21.6. The van der Waals surface area contributed by atoms with E-state index in [4.69, 9.17) is 0 Å². The summed E-state index contributed by atoms with van der Waals surface area (Å²) >= 11 is 0. The standard InChI is InChI=1S/C25H20O6/c1-13-8-9-15(3)17(10-13)23(27)19-12-20(24(28)29)18(11-21(19)25(30)31)22(26)16-7-5-4-6-14(16)2/h4-12H,1-3H3,(H,28,29)(H,30,31). The molecule has 156 valence electrons. The third kappa shape index (κ3) is 4.14. The first-order valence-electron chi connectivity index (χ1n) is 9.48. The zero-order valence-corrected chi connectivity index (χ0v) is 17.2. The van der Waals surface area contributed by atoms with Crippen molar-refractivity contribution < 1.29 is 29.4 Å². The summed E-state index contributed by atoms with van der Waals surface area (Å²) in [5, 5.41) is 19.5. The quantitative estimate of drug-likeness (QED) is 0.574. The highest BCUT2D eigenvalue weighted by Crippen LogP contribution is 2.25. The minimum atomic E-state index is -1.43. The van der Waals surface area contributed by atoms with Gasteiger partial charge in [-0.25, -0.2) is 9.59 Å². The summed E-state index contributed by atoms with van der Waals surface area (Å²) in [5.74, 6) is -4.09. The number of rotatable bonds is 6. The third-order valence-electron chi connectivity index (χ3n) is 5.14. The second kappa shape index (κ2) is 8.36. The number of carboxylic acids is 2. The first-order chi connectivity index (χ1) is 14.6. The Labute approximate surface area is 178 Å². The predicted molar refractivity (Wildman–Crippen MR) is 114 cm³/mol. The second-order valence-electron chi connectivity index (χ2n) is 7.35. The summed E-state index contributed by atoms with van der Waals surface area (Å²) in [5.41, 5.74) is 1.18. The van der Waals surface area contributed by atoms with Gasteiger partial charge in [0.1, 0.15) is 0 Å². The lowest BCUT2D eigenvalue weighted by atomic mass is 9.88. The van der Waals surface area contributed by atoms with E-state index in [0.717, 1.165) is 17.7 Å². The Kier molecular flexibility index (Phi) is 5.83. The van der Waals surface area contributed by atoms with Crippen molar-refractivity contribution in [2.45, 2.75) is 20.8 Å². The molecule has 3 aromatic carbocycles.